The summed E-state index contributed by atoms with van der Waals surface area (Å²) in [6, 6.07) is 14.0. The molecular weight excluding hydrogens is 376 g/mol. The molecule has 2 aromatic carbocycles. The molecule has 0 atom stereocenters. The van der Waals surface area contributed by atoms with Gasteiger partial charge in [0.25, 0.3) is 0 Å². The molecule has 4 nitrogen and oxygen atoms in total. The fraction of sp³-hybridized carbons (Fsp3) is 0.500. The van der Waals surface area contributed by atoms with E-state index < -0.39 is 0 Å². The first-order valence-electron chi connectivity index (χ1n) is 11.1. The zero-order valence-electron chi connectivity index (χ0n) is 17.9. The molecule has 158 valence electrons. The van der Waals surface area contributed by atoms with Crippen molar-refractivity contribution in [2.24, 2.45) is 17.8 Å². The van der Waals surface area contributed by atoms with Crippen molar-refractivity contribution >= 4 is 5.97 Å². The molecule has 0 amide bonds. The third-order valence-corrected chi connectivity index (χ3v) is 7.53. The van der Waals surface area contributed by atoms with Crippen LogP contribution in [0.2, 0.25) is 0 Å². The Balaban J connectivity index is 1.59. The van der Waals surface area contributed by atoms with E-state index in [4.69, 9.17) is 14.2 Å². The smallest absolute Gasteiger partial charge is 0.337 e. The summed E-state index contributed by atoms with van der Waals surface area (Å²) in [5.74, 6) is 3.49. The van der Waals surface area contributed by atoms with E-state index >= 15 is 0 Å². The third kappa shape index (κ3) is 3.36. The van der Waals surface area contributed by atoms with Gasteiger partial charge in [-0.05, 0) is 79.4 Å². The van der Waals surface area contributed by atoms with Gasteiger partial charge in [-0.3, -0.25) is 0 Å². The van der Waals surface area contributed by atoms with Crippen molar-refractivity contribution in [3.05, 3.63) is 59.2 Å². The van der Waals surface area contributed by atoms with Gasteiger partial charge in [0.1, 0.15) is 6.61 Å². The Kier molecular flexibility index (Phi) is 4.96. The molecule has 30 heavy (non-hydrogen) atoms. The Bertz CT molecular complexity index is 898. The van der Waals surface area contributed by atoms with Gasteiger partial charge < -0.3 is 14.2 Å². The average molecular weight is 407 g/mol. The highest BCUT2D eigenvalue weighted by Crippen LogP contribution is 2.62. The number of ether oxygens (including phenoxy) is 3. The molecule has 4 fully saturated rings. The summed E-state index contributed by atoms with van der Waals surface area (Å²) >= 11 is 0. The molecule has 0 aliphatic heterocycles. The molecule has 0 saturated heterocycles. The second-order valence-electron chi connectivity index (χ2n) is 9.52. The minimum Gasteiger partial charge on any atom is -0.493 e. The van der Waals surface area contributed by atoms with Crippen LogP contribution in [0, 0.1) is 17.8 Å². The Labute approximate surface area is 178 Å². The molecule has 4 saturated carbocycles. The number of methoxy groups -OCH3 is 2. The van der Waals surface area contributed by atoms with Crippen molar-refractivity contribution < 1.29 is 19.0 Å². The first-order chi connectivity index (χ1) is 14.6. The highest BCUT2D eigenvalue weighted by molar-refractivity contribution is 5.90. The second-order valence-corrected chi connectivity index (χ2v) is 9.52. The van der Waals surface area contributed by atoms with Crippen molar-refractivity contribution in [3.8, 4) is 11.5 Å². The van der Waals surface area contributed by atoms with Gasteiger partial charge in [0, 0.05) is 5.56 Å². The summed E-state index contributed by atoms with van der Waals surface area (Å²) in [5.41, 5.74) is 2.90. The molecule has 0 unspecified atom stereocenters. The zero-order valence-corrected chi connectivity index (χ0v) is 17.9. The monoisotopic (exact) mass is 406 g/mol. The maximum Gasteiger partial charge on any atom is 0.337 e. The summed E-state index contributed by atoms with van der Waals surface area (Å²) in [4.78, 5) is 12.4. The van der Waals surface area contributed by atoms with E-state index in [1.54, 1.807) is 13.2 Å². The first kappa shape index (κ1) is 19.5. The normalized spacial score (nSPS) is 28.9. The summed E-state index contributed by atoms with van der Waals surface area (Å²) in [7, 11) is 3.08. The minimum atomic E-state index is -0.325. The van der Waals surface area contributed by atoms with Crippen LogP contribution >= 0.6 is 0 Å². The molecule has 0 heterocycles. The number of carbonyl (C=O) groups is 1. The largest absolute Gasteiger partial charge is 0.493 e. The van der Waals surface area contributed by atoms with Crippen molar-refractivity contribution in [3.63, 3.8) is 0 Å². The fourth-order valence-electron chi connectivity index (χ4n) is 6.70. The maximum atomic E-state index is 12.4. The lowest BCUT2D eigenvalue weighted by Gasteiger charge is -2.57. The Morgan fingerprint density at radius 2 is 1.60 bits per heavy atom. The first-order valence-corrected chi connectivity index (χ1v) is 11.1. The molecule has 4 heteroatoms. The molecule has 4 aliphatic rings. The lowest BCUT2D eigenvalue weighted by molar-refractivity contribution is -0.00667. The molecule has 0 spiro atoms. The van der Waals surface area contributed by atoms with Gasteiger partial charge in [-0.1, -0.05) is 30.3 Å². The van der Waals surface area contributed by atoms with Crippen molar-refractivity contribution in [1.82, 2.24) is 0 Å². The highest BCUT2D eigenvalue weighted by Gasteiger charge is 2.53. The van der Waals surface area contributed by atoms with E-state index in [1.165, 1.54) is 45.6 Å². The predicted molar refractivity (Wildman–Crippen MR) is 115 cm³/mol. The Morgan fingerprint density at radius 1 is 0.967 bits per heavy atom. The second kappa shape index (κ2) is 7.64. The summed E-state index contributed by atoms with van der Waals surface area (Å²) in [6.45, 7) is 0.480. The fourth-order valence-corrected chi connectivity index (χ4v) is 6.70. The van der Waals surface area contributed by atoms with Gasteiger partial charge in [0.05, 0.1) is 19.8 Å². The third-order valence-electron chi connectivity index (χ3n) is 7.53. The lowest BCUT2D eigenvalue weighted by atomic mass is 9.48. The van der Waals surface area contributed by atoms with Gasteiger partial charge in [0.15, 0.2) is 11.5 Å². The number of benzene rings is 2. The maximum absolute atomic E-state index is 12.4. The van der Waals surface area contributed by atoms with E-state index in [1.807, 2.05) is 24.3 Å². The lowest BCUT2D eigenvalue weighted by Crippen LogP contribution is -2.48. The van der Waals surface area contributed by atoms with Crippen LogP contribution < -0.4 is 9.47 Å². The Morgan fingerprint density at radius 3 is 2.17 bits per heavy atom. The molecular formula is C26H30O4. The van der Waals surface area contributed by atoms with Gasteiger partial charge >= 0.3 is 5.97 Å². The van der Waals surface area contributed by atoms with Crippen LogP contribution in [0.3, 0.4) is 0 Å². The van der Waals surface area contributed by atoms with Gasteiger partial charge in [0.2, 0.25) is 0 Å². The van der Waals surface area contributed by atoms with Crippen LogP contribution in [0.15, 0.2) is 42.5 Å². The molecule has 4 aliphatic carbocycles. The molecule has 4 bridgehead atoms. The number of carbonyl (C=O) groups excluding carboxylic acids is 1. The van der Waals surface area contributed by atoms with E-state index in [-0.39, 0.29) is 11.4 Å². The molecule has 0 N–H and O–H groups in total. The van der Waals surface area contributed by atoms with Gasteiger partial charge in [-0.2, -0.15) is 0 Å². The molecule has 6 rings (SSSR count). The van der Waals surface area contributed by atoms with E-state index in [0.29, 0.717) is 17.9 Å². The average Bonchev–Trinajstić information content (AvgIpc) is 2.76. The van der Waals surface area contributed by atoms with Crippen LogP contribution in [0.5, 0.6) is 11.5 Å². The number of rotatable bonds is 6. The van der Waals surface area contributed by atoms with Crippen molar-refractivity contribution in [1.29, 1.82) is 0 Å². The van der Waals surface area contributed by atoms with Crippen LogP contribution in [0.4, 0.5) is 0 Å². The standard InChI is InChI=1S/C26H30O4/c1-28-23-12-21(25(27)29-2)11-22(24(23)30-16-17-6-4-3-5-7-17)26-13-18-8-19(14-26)10-20(9-18)15-26/h3-7,11-12,18-20H,8-10,13-16H2,1-2H3. The molecule has 2 aromatic rings. The van der Waals surface area contributed by atoms with Crippen molar-refractivity contribution in [2.45, 2.75) is 50.5 Å². The van der Waals surface area contributed by atoms with Crippen molar-refractivity contribution in [2.75, 3.05) is 14.2 Å². The van der Waals surface area contributed by atoms with Gasteiger partial charge in [-0.25, -0.2) is 4.79 Å². The number of esters is 1. The van der Waals surface area contributed by atoms with Crippen LogP contribution in [-0.2, 0) is 16.8 Å². The van der Waals surface area contributed by atoms with Crippen LogP contribution in [0.1, 0.15) is 60.0 Å². The zero-order chi connectivity index (χ0) is 20.7. The molecule has 0 aromatic heterocycles. The topological polar surface area (TPSA) is 44.8 Å². The quantitative estimate of drug-likeness (QED) is 0.592. The SMILES string of the molecule is COC(=O)c1cc(OC)c(OCc2ccccc2)c(C23CC4CC(CC(C4)C2)C3)c1. The minimum absolute atomic E-state index is 0.0814. The highest BCUT2D eigenvalue weighted by atomic mass is 16.5. The van der Waals surface area contributed by atoms with E-state index in [0.717, 1.165) is 34.6 Å². The Hall–Kier alpha value is -2.49. The summed E-state index contributed by atoms with van der Waals surface area (Å²) in [5, 5.41) is 0. The van der Waals surface area contributed by atoms with Gasteiger partial charge in [-0.15, -0.1) is 0 Å². The number of hydrogen-bond donors (Lipinski definition) is 0. The van der Waals surface area contributed by atoms with E-state index in [2.05, 4.69) is 12.1 Å². The predicted octanol–water partition coefficient (Wildman–Crippen LogP) is 5.53. The summed E-state index contributed by atoms with van der Waals surface area (Å²) < 4.78 is 17.2. The molecule has 0 radical (unpaired) electrons. The summed E-state index contributed by atoms with van der Waals surface area (Å²) in [6.07, 6.45) is 7.67. The van der Waals surface area contributed by atoms with Crippen LogP contribution in [-0.4, -0.2) is 20.2 Å². The van der Waals surface area contributed by atoms with E-state index in [9.17, 15) is 4.79 Å². The number of hydrogen-bond acceptors (Lipinski definition) is 4. The van der Waals surface area contributed by atoms with Crippen LogP contribution in [0.25, 0.3) is 0 Å².